The number of hydrogen-bond acceptors (Lipinski definition) is 1. The zero-order chi connectivity index (χ0) is 13.1. The molecule has 0 fully saturated rings. The molecule has 0 saturated heterocycles. The maximum absolute atomic E-state index is 3.57. The fraction of sp³-hybridized carbons (Fsp3) is 0.625. The van der Waals surface area contributed by atoms with Gasteiger partial charge in [0.2, 0.25) is 0 Å². The third kappa shape index (κ3) is 5.88. The Morgan fingerprint density at radius 2 is 1.59 bits per heavy atom. The van der Waals surface area contributed by atoms with E-state index in [1.807, 2.05) is 0 Å². The lowest BCUT2D eigenvalue weighted by Crippen LogP contribution is -2.39. The van der Waals surface area contributed by atoms with E-state index in [-0.39, 0.29) is 5.54 Å². The van der Waals surface area contributed by atoms with Crippen LogP contribution in [0, 0.1) is 19.8 Å². The Morgan fingerprint density at radius 1 is 1.06 bits per heavy atom. The zero-order valence-electron chi connectivity index (χ0n) is 12.2. The maximum atomic E-state index is 3.57. The second-order valence-corrected chi connectivity index (χ2v) is 6.44. The topological polar surface area (TPSA) is 12.0 Å². The first kappa shape index (κ1) is 14.2. The number of rotatable bonds is 4. The Balaban J connectivity index is 2.53. The van der Waals surface area contributed by atoms with Gasteiger partial charge in [0.05, 0.1) is 0 Å². The highest BCUT2D eigenvalue weighted by Gasteiger charge is 2.11. The van der Waals surface area contributed by atoms with Crippen molar-refractivity contribution in [1.29, 1.82) is 0 Å². The van der Waals surface area contributed by atoms with Crippen molar-refractivity contribution in [1.82, 2.24) is 5.32 Å². The second-order valence-electron chi connectivity index (χ2n) is 6.44. The molecule has 0 aromatic heterocycles. The summed E-state index contributed by atoms with van der Waals surface area (Å²) in [5, 5.41) is 3.57. The minimum atomic E-state index is 0.219. The van der Waals surface area contributed by atoms with Gasteiger partial charge in [-0.25, -0.2) is 0 Å². The van der Waals surface area contributed by atoms with E-state index in [4.69, 9.17) is 0 Å². The molecule has 0 spiro atoms. The van der Waals surface area contributed by atoms with Crippen LogP contribution in [0.1, 0.15) is 44.4 Å². The van der Waals surface area contributed by atoms with Gasteiger partial charge >= 0.3 is 0 Å². The fourth-order valence-electron chi connectivity index (χ4n) is 2.14. The van der Waals surface area contributed by atoms with Crippen LogP contribution in [0.2, 0.25) is 0 Å². The SMILES string of the molecule is Cc1cc(C)cc(CC(C)CNC(C)(C)C)c1. The highest BCUT2D eigenvalue weighted by molar-refractivity contribution is 5.28. The molecule has 0 saturated carbocycles. The molecule has 96 valence electrons. The molecule has 17 heavy (non-hydrogen) atoms. The van der Waals surface area contributed by atoms with Crippen LogP contribution in [0.15, 0.2) is 18.2 Å². The zero-order valence-corrected chi connectivity index (χ0v) is 12.2. The van der Waals surface area contributed by atoms with Gasteiger partial charge in [-0.15, -0.1) is 0 Å². The highest BCUT2D eigenvalue weighted by Crippen LogP contribution is 2.13. The summed E-state index contributed by atoms with van der Waals surface area (Å²) in [4.78, 5) is 0. The summed E-state index contributed by atoms with van der Waals surface area (Å²) >= 11 is 0. The van der Waals surface area contributed by atoms with Crippen molar-refractivity contribution >= 4 is 0 Å². The van der Waals surface area contributed by atoms with E-state index in [1.54, 1.807) is 0 Å². The Morgan fingerprint density at radius 3 is 2.06 bits per heavy atom. The summed E-state index contributed by atoms with van der Waals surface area (Å²) in [6.45, 7) is 14.4. The Bertz CT molecular complexity index is 340. The summed E-state index contributed by atoms with van der Waals surface area (Å²) in [7, 11) is 0. The van der Waals surface area contributed by atoms with Gasteiger partial charge in [0.15, 0.2) is 0 Å². The van der Waals surface area contributed by atoms with Crippen molar-refractivity contribution in [3.05, 3.63) is 34.9 Å². The number of nitrogens with one attached hydrogen (secondary N) is 1. The minimum Gasteiger partial charge on any atom is -0.312 e. The van der Waals surface area contributed by atoms with Gasteiger partial charge in [-0.05, 0) is 59.1 Å². The van der Waals surface area contributed by atoms with Crippen LogP contribution in [0.4, 0.5) is 0 Å². The molecule has 0 bridgehead atoms. The van der Waals surface area contributed by atoms with Crippen molar-refractivity contribution in [3.8, 4) is 0 Å². The van der Waals surface area contributed by atoms with E-state index in [0.29, 0.717) is 5.92 Å². The third-order valence-corrected chi connectivity index (χ3v) is 2.85. The predicted octanol–water partition coefficient (Wildman–Crippen LogP) is 3.87. The average Bonchev–Trinajstić information content (AvgIpc) is 2.11. The predicted molar refractivity (Wildman–Crippen MR) is 76.5 cm³/mol. The molecular weight excluding hydrogens is 206 g/mol. The first-order valence-corrected chi connectivity index (χ1v) is 6.58. The lowest BCUT2D eigenvalue weighted by Gasteiger charge is -2.23. The van der Waals surface area contributed by atoms with Crippen molar-refractivity contribution in [2.45, 2.75) is 53.5 Å². The Labute approximate surface area is 107 Å². The molecule has 1 heteroatoms. The third-order valence-electron chi connectivity index (χ3n) is 2.85. The first-order valence-electron chi connectivity index (χ1n) is 6.58. The normalized spacial score (nSPS) is 13.8. The van der Waals surface area contributed by atoms with Gasteiger partial charge in [0.1, 0.15) is 0 Å². The molecule has 1 N–H and O–H groups in total. The molecule has 0 aliphatic heterocycles. The summed E-state index contributed by atoms with van der Waals surface area (Å²) in [6.07, 6.45) is 1.16. The Hall–Kier alpha value is -0.820. The summed E-state index contributed by atoms with van der Waals surface area (Å²) < 4.78 is 0. The van der Waals surface area contributed by atoms with E-state index in [9.17, 15) is 0 Å². The largest absolute Gasteiger partial charge is 0.312 e. The molecule has 1 atom stereocenters. The van der Waals surface area contributed by atoms with Crippen molar-refractivity contribution in [3.63, 3.8) is 0 Å². The molecule has 1 aromatic rings. The van der Waals surface area contributed by atoms with E-state index in [0.717, 1.165) is 13.0 Å². The lowest BCUT2D eigenvalue weighted by atomic mass is 9.97. The first-order chi connectivity index (χ1) is 7.76. The molecule has 1 unspecified atom stereocenters. The average molecular weight is 233 g/mol. The minimum absolute atomic E-state index is 0.219. The van der Waals surface area contributed by atoms with E-state index in [1.165, 1.54) is 16.7 Å². The van der Waals surface area contributed by atoms with E-state index >= 15 is 0 Å². The molecule has 0 heterocycles. The van der Waals surface area contributed by atoms with Crippen molar-refractivity contribution in [2.75, 3.05) is 6.54 Å². The van der Waals surface area contributed by atoms with Gasteiger partial charge in [-0.2, -0.15) is 0 Å². The van der Waals surface area contributed by atoms with Crippen LogP contribution in [-0.4, -0.2) is 12.1 Å². The van der Waals surface area contributed by atoms with Crippen molar-refractivity contribution < 1.29 is 0 Å². The molecule has 1 aromatic carbocycles. The summed E-state index contributed by atoms with van der Waals surface area (Å²) in [6, 6.07) is 6.85. The monoisotopic (exact) mass is 233 g/mol. The maximum Gasteiger partial charge on any atom is 0.00966 e. The Kier molecular flexibility index (Phi) is 4.76. The van der Waals surface area contributed by atoms with Gasteiger partial charge < -0.3 is 5.32 Å². The number of hydrogen-bond donors (Lipinski definition) is 1. The second kappa shape index (κ2) is 5.68. The van der Waals surface area contributed by atoms with Crippen LogP contribution >= 0.6 is 0 Å². The van der Waals surface area contributed by atoms with E-state index < -0.39 is 0 Å². The highest BCUT2D eigenvalue weighted by atomic mass is 14.9. The number of benzene rings is 1. The molecule has 0 aliphatic carbocycles. The molecule has 0 amide bonds. The molecule has 0 radical (unpaired) electrons. The van der Waals surface area contributed by atoms with Gasteiger partial charge in [-0.3, -0.25) is 0 Å². The fourth-order valence-corrected chi connectivity index (χ4v) is 2.14. The molecular formula is C16H27N. The molecule has 1 rings (SSSR count). The van der Waals surface area contributed by atoms with Crippen LogP contribution in [-0.2, 0) is 6.42 Å². The molecule has 1 nitrogen and oxygen atoms in total. The number of aryl methyl sites for hydroxylation is 2. The van der Waals surface area contributed by atoms with Crippen molar-refractivity contribution in [2.24, 2.45) is 5.92 Å². The molecule has 0 aliphatic rings. The van der Waals surface area contributed by atoms with Gasteiger partial charge in [-0.1, -0.05) is 36.2 Å². The standard InChI is InChI=1S/C16H27N/c1-12-7-13(2)9-15(8-12)10-14(3)11-17-16(4,5)6/h7-9,14,17H,10-11H2,1-6H3. The smallest absolute Gasteiger partial charge is 0.00966 e. The lowest BCUT2D eigenvalue weighted by molar-refractivity contribution is 0.381. The van der Waals surface area contributed by atoms with E-state index in [2.05, 4.69) is 65.1 Å². The van der Waals surface area contributed by atoms with Gasteiger partial charge in [0.25, 0.3) is 0 Å². The quantitative estimate of drug-likeness (QED) is 0.832. The van der Waals surface area contributed by atoms with Crippen LogP contribution in [0.3, 0.4) is 0 Å². The van der Waals surface area contributed by atoms with Crippen LogP contribution in [0.5, 0.6) is 0 Å². The van der Waals surface area contributed by atoms with Crippen LogP contribution < -0.4 is 5.32 Å². The van der Waals surface area contributed by atoms with Gasteiger partial charge in [0, 0.05) is 5.54 Å². The summed E-state index contributed by atoms with van der Waals surface area (Å²) in [5.41, 5.74) is 4.43. The van der Waals surface area contributed by atoms with Crippen LogP contribution in [0.25, 0.3) is 0 Å². The summed E-state index contributed by atoms with van der Waals surface area (Å²) in [5.74, 6) is 0.676.